The smallest absolute Gasteiger partial charge is 0.0480 e. The third-order valence-electron chi connectivity index (χ3n) is 0.955. The molecule has 1 unspecified atom stereocenters. The van der Waals surface area contributed by atoms with E-state index in [4.69, 9.17) is 0 Å². The Morgan fingerprint density at radius 3 is 2.11 bits per heavy atom. The maximum Gasteiger partial charge on any atom is 0.0480 e. The van der Waals surface area contributed by atoms with Crippen molar-refractivity contribution in [2.24, 2.45) is 5.92 Å². The molecule has 0 radical (unpaired) electrons. The van der Waals surface area contributed by atoms with Gasteiger partial charge in [0.1, 0.15) is 0 Å². The highest BCUT2D eigenvalue weighted by Crippen LogP contribution is 1.99. The fourth-order valence-electron chi connectivity index (χ4n) is 0.568. The van der Waals surface area contributed by atoms with Crippen LogP contribution >= 0.6 is 0 Å². The van der Waals surface area contributed by atoms with E-state index in [1.807, 2.05) is 13.8 Å². The van der Waals surface area contributed by atoms with Gasteiger partial charge in [0.2, 0.25) is 0 Å². The van der Waals surface area contributed by atoms with E-state index < -0.39 is 11.9 Å². The Bertz CT molecular complexity index is 132. The number of carbonyl (C=O) groups is 1. The third-order valence-corrected chi connectivity index (χ3v) is 0.955. The molecule has 0 aromatic carbocycles. The molecule has 0 saturated heterocycles. The molecule has 0 bridgehead atoms. The van der Waals surface area contributed by atoms with Gasteiger partial charge in [-0.25, -0.2) is 0 Å². The molecule has 0 rings (SSSR count). The SMILES string of the molecule is CC(C)=CC(C)C(=O)[O-]. The van der Waals surface area contributed by atoms with Crippen LogP contribution < -0.4 is 5.11 Å². The van der Waals surface area contributed by atoms with Crippen molar-refractivity contribution >= 4 is 5.97 Å². The highest BCUT2D eigenvalue weighted by atomic mass is 16.4. The van der Waals surface area contributed by atoms with Gasteiger partial charge in [0.05, 0.1) is 0 Å². The second-order valence-electron chi connectivity index (χ2n) is 2.35. The molecule has 0 amide bonds. The van der Waals surface area contributed by atoms with Crippen molar-refractivity contribution in [3.05, 3.63) is 11.6 Å². The van der Waals surface area contributed by atoms with Crippen LogP contribution in [0.25, 0.3) is 0 Å². The van der Waals surface area contributed by atoms with Gasteiger partial charge in [0, 0.05) is 11.9 Å². The molecule has 0 aromatic heterocycles. The number of rotatable bonds is 2. The van der Waals surface area contributed by atoms with Crippen LogP contribution in [0.4, 0.5) is 0 Å². The Kier molecular flexibility index (Phi) is 2.99. The highest BCUT2D eigenvalue weighted by molar-refractivity contribution is 5.69. The van der Waals surface area contributed by atoms with Gasteiger partial charge in [-0.05, 0) is 13.8 Å². The van der Waals surface area contributed by atoms with Crippen LogP contribution in [0, 0.1) is 5.92 Å². The van der Waals surface area contributed by atoms with E-state index in [-0.39, 0.29) is 0 Å². The van der Waals surface area contributed by atoms with Crippen LogP contribution in [0.15, 0.2) is 11.6 Å². The predicted octanol–water partition coefficient (Wildman–Crippen LogP) is 0.339. The number of hydrogen-bond acceptors (Lipinski definition) is 2. The number of hydrogen-bond donors (Lipinski definition) is 0. The first-order valence-corrected chi connectivity index (χ1v) is 2.90. The van der Waals surface area contributed by atoms with Crippen molar-refractivity contribution in [3.8, 4) is 0 Å². The number of carboxylic acid groups (broad SMARTS) is 1. The first-order chi connectivity index (χ1) is 4.04. The zero-order valence-corrected chi connectivity index (χ0v) is 5.97. The summed E-state index contributed by atoms with van der Waals surface area (Å²) in [5.74, 6) is -1.48. The van der Waals surface area contributed by atoms with Gasteiger partial charge in [-0.3, -0.25) is 0 Å². The summed E-state index contributed by atoms with van der Waals surface area (Å²) in [5.41, 5.74) is 1.01. The molecule has 0 spiro atoms. The highest BCUT2D eigenvalue weighted by Gasteiger charge is 1.95. The van der Waals surface area contributed by atoms with Gasteiger partial charge in [0.15, 0.2) is 0 Å². The van der Waals surface area contributed by atoms with Crippen molar-refractivity contribution in [3.63, 3.8) is 0 Å². The summed E-state index contributed by atoms with van der Waals surface area (Å²) in [6, 6.07) is 0. The van der Waals surface area contributed by atoms with E-state index in [1.54, 1.807) is 13.0 Å². The minimum Gasteiger partial charge on any atom is -0.550 e. The monoisotopic (exact) mass is 127 g/mol. The molecule has 0 saturated carbocycles. The second-order valence-corrected chi connectivity index (χ2v) is 2.35. The number of aliphatic carboxylic acids is 1. The lowest BCUT2D eigenvalue weighted by atomic mass is 10.1. The first-order valence-electron chi connectivity index (χ1n) is 2.90. The molecule has 52 valence electrons. The molecule has 1 atom stereocenters. The summed E-state index contributed by atoms with van der Waals surface area (Å²) in [6.07, 6.45) is 1.66. The fourth-order valence-corrected chi connectivity index (χ4v) is 0.568. The van der Waals surface area contributed by atoms with Crippen molar-refractivity contribution in [2.45, 2.75) is 20.8 Å². The van der Waals surface area contributed by atoms with Crippen LogP contribution in [-0.2, 0) is 4.79 Å². The van der Waals surface area contributed by atoms with E-state index in [1.165, 1.54) is 0 Å². The molecule has 0 aliphatic heterocycles. The topological polar surface area (TPSA) is 40.1 Å². The molecule has 9 heavy (non-hydrogen) atoms. The third kappa shape index (κ3) is 3.76. The lowest BCUT2D eigenvalue weighted by molar-refractivity contribution is -0.309. The number of carbonyl (C=O) groups excluding carboxylic acids is 1. The minimum absolute atomic E-state index is 0.463. The van der Waals surface area contributed by atoms with Crippen molar-refractivity contribution < 1.29 is 9.90 Å². The standard InChI is InChI=1S/C7H12O2/c1-5(2)4-6(3)7(8)9/h4,6H,1-3H3,(H,8,9)/p-1. The Balaban J connectivity index is 3.91. The van der Waals surface area contributed by atoms with Crippen LogP contribution in [0.5, 0.6) is 0 Å². The van der Waals surface area contributed by atoms with Crippen molar-refractivity contribution in [1.82, 2.24) is 0 Å². The first kappa shape index (κ1) is 8.21. The molecular formula is C7H11O2-. The van der Waals surface area contributed by atoms with Gasteiger partial charge in [0.25, 0.3) is 0 Å². The van der Waals surface area contributed by atoms with E-state index in [0.29, 0.717) is 0 Å². The summed E-state index contributed by atoms with van der Waals surface area (Å²) in [4.78, 5) is 10.1. The normalized spacial score (nSPS) is 12.3. The fraction of sp³-hybridized carbons (Fsp3) is 0.571. The Morgan fingerprint density at radius 1 is 1.56 bits per heavy atom. The Hall–Kier alpha value is -0.790. The van der Waals surface area contributed by atoms with E-state index in [9.17, 15) is 9.90 Å². The summed E-state index contributed by atoms with van der Waals surface area (Å²) in [7, 11) is 0. The molecular weight excluding hydrogens is 116 g/mol. The number of allylic oxidation sites excluding steroid dienone is 1. The van der Waals surface area contributed by atoms with E-state index >= 15 is 0 Å². The van der Waals surface area contributed by atoms with Gasteiger partial charge >= 0.3 is 0 Å². The summed E-state index contributed by atoms with van der Waals surface area (Å²) in [5, 5.41) is 10.1. The van der Waals surface area contributed by atoms with Gasteiger partial charge < -0.3 is 9.90 Å². The summed E-state index contributed by atoms with van der Waals surface area (Å²) in [6.45, 7) is 5.32. The lowest BCUT2D eigenvalue weighted by Crippen LogP contribution is -2.28. The Morgan fingerprint density at radius 2 is 2.00 bits per heavy atom. The molecule has 0 heterocycles. The molecule has 2 heteroatoms. The molecule has 0 N–H and O–H groups in total. The van der Waals surface area contributed by atoms with Gasteiger partial charge in [-0.2, -0.15) is 0 Å². The average molecular weight is 127 g/mol. The quantitative estimate of drug-likeness (QED) is 0.502. The van der Waals surface area contributed by atoms with Crippen molar-refractivity contribution in [1.29, 1.82) is 0 Å². The minimum atomic E-state index is -1.02. The van der Waals surface area contributed by atoms with Crippen LogP contribution in [0.3, 0.4) is 0 Å². The van der Waals surface area contributed by atoms with E-state index in [2.05, 4.69) is 0 Å². The molecule has 0 aliphatic carbocycles. The molecule has 0 aromatic rings. The Labute approximate surface area is 55.2 Å². The zero-order valence-electron chi connectivity index (χ0n) is 5.97. The largest absolute Gasteiger partial charge is 0.550 e. The van der Waals surface area contributed by atoms with Crippen LogP contribution in [-0.4, -0.2) is 5.97 Å². The van der Waals surface area contributed by atoms with Crippen molar-refractivity contribution in [2.75, 3.05) is 0 Å². The average Bonchev–Trinajstić information content (AvgIpc) is 1.63. The van der Waals surface area contributed by atoms with Gasteiger partial charge in [-0.1, -0.05) is 18.6 Å². The summed E-state index contributed by atoms with van der Waals surface area (Å²) < 4.78 is 0. The molecule has 0 aliphatic rings. The predicted molar refractivity (Wildman–Crippen MR) is 33.6 cm³/mol. The molecule has 2 nitrogen and oxygen atoms in total. The van der Waals surface area contributed by atoms with Crippen LogP contribution in [0.2, 0.25) is 0 Å². The number of carboxylic acids is 1. The maximum atomic E-state index is 10.1. The van der Waals surface area contributed by atoms with Gasteiger partial charge in [-0.15, -0.1) is 0 Å². The maximum absolute atomic E-state index is 10.1. The molecule has 0 fully saturated rings. The zero-order chi connectivity index (χ0) is 7.44. The second kappa shape index (κ2) is 3.28. The van der Waals surface area contributed by atoms with E-state index in [0.717, 1.165) is 5.57 Å². The van der Waals surface area contributed by atoms with Crippen LogP contribution in [0.1, 0.15) is 20.8 Å². The lowest BCUT2D eigenvalue weighted by Gasteiger charge is -2.06. The summed E-state index contributed by atoms with van der Waals surface area (Å²) >= 11 is 0.